The number of aryl methyl sites for hydroxylation is 1. The summed E-state index contributed by atoms with van der Waals surface area (Å²) >= 11 is 0. The number of phenolic OH excluding ortho intramolecular Hbond substituents is 1. The third kappa shape index (κ3) is 3.84. The van der Waals surface area contributed by atoms with Gasteiger partial charge in [-0.05, 0) is 42.5 Å². The van der Waals surface area contributed by atoms with E-state index in [9.17, 15) is 23.1 Å². The van der Waals surface area contributed by atoms with Gasteiger partial charge in [0.1, 0.15) is 5.75 Å². The van der Waals surface area contributed by atoms with Gasteiger partial charge in [0.05, 0.1) is 16.8 Å². The molecule has 2 N–H and O–H groups in total. The largest absolute Gasteiger partial charge is 0.507 e. The maximum Gasteiger partial charge on any atom is 0.418 e. The molecule has 0 saturated heterocycles. The summed E-state index contributed by atoms with van der Waals surface area (Å²) in [6.07, 6.45) is -4.59. The van der Waals surface area contributed by atoms with Gasteiger partial charge < -0.3 is 10.4 Å². The second kappa shape index (κ2) is 6.67. The number of carbonyl (C=O) groups excluding carboxylic acids is 1. The molecule has 0 atom stereocenters. The van der Waals surface area contributed by atoms with Crippen LogP contribution >= 0.6 is 0 Å². The smallest absolute Gasteiger partial charge is 0.418 e. The minimum atomic E-state index is -4.59. The maximum atomic E-state index is 13.1. The number of para-hydroxylation sites is 1. The van der Waals surface area contributed by atoms with Crippen molar-refractivity contribution in [2.24, 2.45) is 0 Å². The number of benzene rings is 2. The molecule has 0 spiro atoms. The van der Waals surface area contributed by atoms with Crippen LogP contribution in [0.4, 0.5) is 18.9 Å². The highest BCUT2D eigenvalue weighted by Gasteiger charge is 2.34. The first-order chi connectivity index (χ1) is 11.8. The molecule has 1 amide bonds. The van der Waals surface area contributed by atoms with Crippen molar-refractivity contribution in [3.63, 3.8) is 0 Å². The Labute approximate surface area is 150 Å². The Balaban J connectivity index is 2.55. The standard InChI is InChI=1S/C20H22F3NO2/c1-11-10-14(19(3,4)5)17(25)16(12(11)2)18(26)24-15-9-7-6-8-13(15)20(21,22)23/h6-10,25H,1-5H3,(H,24,26). The number of alkyl halides is 3. The second-order valence-corrected chi connectivity index (χ2v) is 7.34. The lowest BCUT2D eigenvalue weighted by molar-refractivity contribution is -0.136. The maximum absolute atomic E-state index is 13.1. The summed E-state index contributed by atoms with van der Waals surface area (Å²) < 4.78 is 39.4. The Morgan fingerprint density at radius 1 is 1.04 bits per heavy atom. The lowest BCUT2D eigenvalue weighted by Gasteiger charge is -2.24. The van der Waals surface area contributed by atoms with Crippen LogP contribution in [0.5, 0.6) is 5.75 Å². The molecule has 26 heavy (non-hydrogen) atoms. The molecule has 3 nitrogen and oxygen atoms in total. The lowest BCUT2D eigenvalue weighted by Crippen LogP contribution is -2.20. The zero-order valence-electron chi connectivity index (χ0n) is 15.4. The third-order valence-electron chi connectivity index (χ3n) is 4.34. The predicted molar refractivity (Wildman–Crippen MR) is 95.7 cm³/mol. The molecule has 140 valence electrons. The van der Waals surface area contributed by atoms with Gasteiger partial charge in [0.2, 0.25) is 0 Å². The molecule has 0 aliphatic rings. The summed E-state index contributed by atoms with van der Waals surface area (Å²) in [5, 5.41) is 12.9. The van der Waals surface area contributed by atoms with Gasteiger partial charge in [-0.2, -0.15) is 13.2 Å². The van der Waals surface area contributed by atoms with E-state index < -0.39 is 23.1 Å². The van der Waals surface area contributed by atoms with Crippen LogP contribution in [0.3, 0.4) is 0 Å². The lowest BCUT2D eigenvalue weighted by atomic mass is 9.82. The molecule has 0 aromatic heterocycles. The van der Waals surface area contributed by atoms with Crippen LogP contribution in [0.2, 0.25) is 0 Å². The molecule has 0 heterocycles. The number of halogens is 3. The zero-order valence-corrected chi connectivity index (χ0v) is 15.4. The number of amides is 1. The van der Waals surface area contributed by atoms with E-state index in [2.05, 4.69) is 5.32 Å². The van der Waals surface area contributed by atoms with Crippen molar-refractivity contribution >= 4 is 11.6 Å². The number of carbonyl (C=O) groups is 1. The fourth-order valence-electron chi connectivity index (χ4n) is 2.78. The van der Waals surface area contributed by atoms with E-state index in [4.69, 9.17) is 0 Å². The molecular weight excluding hydrogens is 343 g/mol. The first kappa shape index (κ1) is 19.8. The van der Waals surface area contributed by atoms with E-state index in [1.807, 2.05) is 20.8 Å². The Morgan fingerprint density at radius 2 is 1.62 bits per heavy atom. The van der Waals surface area contributed by atoms with Crippen molar-refractivity contribution in [2.75, 3.05) is 5.32 Å². The highest BCUT2D eigenvalue weighted by atomic mass is 19.4. The van der Waals surface area contributed by atoms with Crippen molar-refractivity contribution in [3.8, 4) is 5.75 Å². The number of nitrogens with one attached hydrogen (secondary N) is 1. The molecule has 0 aliphatic heterocycles. The molecule has 2 aromatic rings. The van der Waals surface area contributed by atoms with E-state index in [-0.39, 0.29) is 17.0 Å². The fraction of sp³-hybridized carbons (Fsp3) is 0.350. The first-order valence-electron chi connectivity index (χ1n) is 8.15. The minimum Gasteiger partial charge on any atom is -0.507 e. The Morgan fingerprint density at radius 3 is 2.15 bits per heavy atom. The Bertz CT molecular complexity index is 849. The Hall–Kier alpha value is -2.50. The van der Waals surface area contributed by atoms with Crippen LogP contribution in [0.25, 0.3) is 0 Å². The topological polar surface area (TPSA) is 49.3 Å². The number of aromatic hydroxyl groups is 1. The molecule has 2 rings (SSSR count). The molecule has 0 radical (unpaired) electrons. The normalized spacial score (nSPS) is 12.2. The van der Waals surface area contributed by atoms with Crippen molar-refractivity contribution in [3.05, 3.63) is 58.1 Å². The summed E-state index contributed by atoms with van der Waals surface area (Å²) in [5.41, 5.74) is 0.152. The molecule has 0 bridgehead atoms. The van der Waals surface area contributed by atoms with Gasteiger partial charge in [0, 0.05) is 5.56 Å². The van der Waals surface area contributed by atoms with Crippen LogP contribution in [0, 0.1) is 13.8 Å². The van der Waals surface area contributed by atoms with Gasteiger partial charge in [0.25, 0.3) is 5.91 Å². The van der Waals surface area contributed by atoms with Crippen LogP contribution < -0.4 is 5.32 Å². The van der Waals surface area contributed by atoms with Crippen LogP contribution in [-0.2, 0) is 11.6 Å². The van der Waals surface area contributed by atoms with Gasteiger partial charge in [0.15, 0.2) is 0 Å². The van der Waals surface area contributed by atoms with Gasteiger partial charge >= 0.3 is 6.18 Å². The first-order valence-corrected chi connectivity index (χ1v) is 8.15. The second-order valence-electron chi connectivity index (χ2n) is 7.34. The van der Waals surface area contributed by atoms with Gasteiger partial charge in [-0.3, -0.25) is 4.79 Å². The van der Waals surface area contributed by atoms with Crippen molar-refractivity contribution in [1.29, 1.82) is 0 Å². The highest BCUT2D eigenvalue weighted by molar-refractivity contribution is 6.08. The van der Waals surface area contributed by atoms with Crippen molar-refractivity contribution in [2.45, 2.75) is 46.2 Å². The van der Waals surface area contributed by atoms with Crippen LogP contribution in [0.15, 0.2) is 30.3 Å². The van der Waals surface area contributed by atoms with E-state index in [0.717, 1.165) is 11.6 Å². The summed E-state index contributed by atoms with van der Waals surface area (Å²) in [6.45, 7) is 9.11. The summed E-state index contributed by atoms with van der Waals surface area (Å²) in [7, 11) is 0. The van der Waals surface area contributed by atoms with E-state index >= 15 is 0 Å². The summed E-state index contributed by atoms with van der Waals surface area (Å²) in [4.78, 5) is 12.7. The van der Waals surface area contributed by atoms with E-state index in [0.29, 0.717) is 11.1 Å². The van der Waals surface area contributed by atoms with Gasteiger partial charge in [-0.1, -0.05) is 39.0 Å². The summed E-state index contributed by atoms with van der Waals surface area (Å²) in [6, 6.07) is 6.55. The quantitative estimate of drug-likeness (QED) is 0.730. The average Bonchev–Trinajstić information content (AvgIpc) is 2.49. The summed E-state index contributed by atoms with van der Waals surface area (Å²) in [5.74, 6) is -0.978. The third-order valence-corrected chi connectivity index (χ3v) is 4.34. The zero-order chi connectivity index (χ0) is 19.9. The fourth-order valence-corrected chi connectivity index (χ4v) is 2.78. The number of hydrogen-bond acceptors (Lipinski definition) is 2. The SMILES string of the molecule is Cc1cc(C(C)(C)C)c(O)c(C(=O)Nc2ccccc2C(F)(F)F)c1C. The van der Waals surface area contributed by atoms with Crippen molar-refractivity contribution in [1.82, 2.24) is 0 Å². The van der Waals surface area contributed by atoms with Gasteiger partial charge in [-0.25, -0.2) is 0 Å². The number of hydrogen-bond donors (Lipinski definition) is 2. The monoisotopic (exact) mass is 365 g/mol. The minimum absolute atomic E-state index is 0.00750. The van der Waals surface area contributed by atoms with Crippen LogP contribution in [0.1, 0.15) is 53.4 Å². The molecule has 0 aliphatic carbocycles. The molecule has 0 unspecified atom stereocenters. The van der Waals surface area contributed by atoms with E-state index in [1.165, 1.54) is 18.2 Å². The van der Waals surface area contributed by atoms with Crippen LogP contribution in [-0.4, -0.2) is 11.0 Å². The molecule has 0 saturated carbocycles. The number of phenols is 1. The molecule has 2 aromatic carbocycles. The van der Waals surface area contributed by atoms with Gasteiger partial charge in [-0.15, -0.1) is 0 Å². The molecule has 0 fully saturated rings. The van der Waals surface area contributed by atoms with E-state index in [1.54, 1.807) is 19.9 Å². The average molecular weight is 365 g/mol. The number of anilines is 1. The Kier molecular flexibility index (Phi) is 5.08. The number of rotatable bonds is 2. The molecular formula is C20H22F3NO2. The molecule has 6 heteroatoms. The predicted octanol–water partition coefficient (Wildman–Crippen LogP) is 5.58. The highest BCUT2D eigenvalue weighted by Crippen LogP contribution is 2.38. The van der Waals surface area contributed by atoms with Crippen molar-refractivity contribution < 1.29 is 23.1 Å².